The molecular formula is C19H28N4O7S. The minimum atomic E-state index is -1.28. The smallest absolute Gasteiger partial charge is 0.327 e. The molecule has 0 aliphatic rings. The number of hydrogen-bond donors (Lipinski definition) is 8. The van der Waals surface area contributed by atoms with Crippen molar-refractivity contribution in [1.82, 2.24) is 16.0 Å². The number of phenols is 1. The predicted molar refractivity (Wildman–Crippen MR) is 114 cm³/mol. The highest BCUT2D eigenvalue weighted by Crippen LogP contribution is 2.12. The number of aliphatic carboxylic acids is 1. The number of thiol groups is 1. The van der Waals surface area contributed by atoms with E-state index >= 15 is 0 Å². The Labute approximate surface area is 184 Å². The van der Waals surface area contributed by atoms with Crippen molar-refractivity contribution < 1.29 is 34.5 Å². The van der Waals surface area contributed by atoms with Gasteiger partial charge in [0.1, 0.15) is 29.9 Å². The van der Waals surface area contributed by atoms with Crippen molar-refractivity contribution in [3.8, 4) is 5.75 Å². The largest absolute Gasteiger partial charge is 0.508 e. The number of aliphatic hydroxyl groups excluding tert-OH is 1. The lowest BCUT2D eigenvalue weighted by atomic mass is 10.0. The average molecular weight is 457 g/mol. The molecule has 8 N–H and O–H groups in total. The van der Waals surface area contributed by atoms with E-state index in [1.165, 1.54) is 26.0 Å². The third-order valence-corrected chi connectivity index (χ3v) is 4.75. The number of rotatable bonds is 11. The molecule has 0 aliphatic carbocycles. The summed E-state index contributed by atoms with van der Waals surface area (Å²) in [6.45, 7) is 2.68. The SMILES string of the molecule is CC(NC(=O)C(Cc1ccc(O)cc1)NC(=O)C(N)C(C)O)C(=O)NC(CS)C(=O)O. The zero-order valence-corrected chi connectivity index (χ0v) is 18.0. The van der Waals surface area contributed by atoms with Crippen LogP contribution in [0.15, 0.2) is 24.3 Å². The molecule has 0 bridgehead atoms. The first-order valence-corrected chi connectivity index (χ1v) is 10.1. The van der Waals surface area contributed by atoms with Gasteiger partial charge in [-0.15, -0.1) is 0 Å². The minimum Gasteiger partial charge on any atom is -0.508 e. The van der Waals surface area contributed by atoms with Crippen LogP contribution >= 0.6 is 12.6 Å². The summed E-state index contributed by atoms with van der Waals surface area (Å²) in [4.78, 5) is 48.2. The van der Waals surface area contributed by atoms with E-state index in [-0.39, 0.29) is 17.9 Å². The van der Waals surface area contributed by atoms with Crippen LogP contribution < -0.4 is 21.7 Å². The number of phenolic OH excluding ortho intramolecular Hbond substituents is 1. The molecule has 0 saturated carbocycles. The summed E-state index contributed by atoms with van der Waals surface area (Å²) in [5.41, 5.74) is 6.21. The van der Waals surface area contributed by atoms with Crippen LogP contribution in [0.1, 0.15) is 19.4 Å². The Balaban J connectivity index is 2.93. The van der Waals surface area contributed by atoms with Crippen molar-refractivity contribution in [1.29, 1.82) is 0 Å². The Bertz CT molecular complexity index is 788. The molecule has 0 spiro atoms. The number of carboxylic acid groups (broad SMARTS) is 1. The van der Waals surface area contributed by atoms with Gasteiger partial charge in [0, 0.05) is 12.2 Å². The van der Waals surface area contributed by atoms with Gasteiger partial charge in [0.25, 0.3) is 0 Å². The summed E-state index contributed by atoms with van der Waals surface area (Å²) in [7, 11) is 0. The molecule has 1 aromatic rings. The normalized spacial score (nSPS) is 15.6. The Morgan fingerprint density at radius 2 is 1.52 bits per heavy atom. The van der Waals surface area contributed by atoms with Crippen molar-refractivity contribution in [2.75, 3.05) is 5.75 Å². The topological polar surface area (TPSA) is 191 Å². The zero-order chi connectivity index (χ0) is 23.7. The van der Waals surface area contributed by atoms with E-state index in [4.69, 9.17) is 10.8 Å². The molecule has 0 radical (unpaired) electrons. The maximum Gasteiger partial charge on any atom is 0.327 e. The highest BCUT2D eigenvalue weighted by atomic mass is 32.1. The quantitative estimate of drug-likeness (QED) is 0.178. The molecule has 1 aromatic carbocycles. The standard InChI is InChI=1S/C19H28N4O7S/c1-9(16(26)23-14(8-31)19(29)30)21-17(27)13(22-18(28)15(20)10(2)24)7-11-3-5-12(25)6-4-11/h3-6,9-10,13-15,24-25,31H,7-8,20H2,1-2H3,(H,21,27)(H,22,28)(H,23,26)(H,29,30). The number of nitrogens with one attached hydrogen (secondary N) is 3. The summed E-state index contributed by atoms with van der Waals surface area (Å²) in [6.07, 6.45) is -1.15. The van der Waals surface area contributed by atoms with Crippen molar-refractivity contribution in [3.63, 3.8) is 0 Å². The Morgan fingerprint density at radius 1 is 0.968 bits per heavy atom. The molecule has 0 aromatic heterocycles. The summed E-state index contributed by atoms with van der Waals surface area (Å²) in [5.74, 6) is -3.63. The number of carbonyl (C=O) groups is 4. The average Bonchev–Trinajstić information content (AvgIpc) is 2.71. The summed E-state index contributed by atoms with van der Waals surface area (Å²) in [6, 6.07) is 1.15. The van der Waals surface area contributed by atoms with Crippen LogP contribution in [-0.2, 0) is 25.6 Å². The lowest BCUT2D eigenvalue weighted by Gasteiger charge is -2.24. The number of aromatic hydroxyl groups is 1. The molecular weight excluding hydrogens is 428 g/mol. The van der Waals surface area contributed by atoms with Crippen molar-refractivity contribution >= 4 is 36.3 Å². The van der Waals surface area contributed by atoms with Gasteiger partial charge in [0.05, 0.1) is 6.10 Å². The molecule has 0 saturated heterocycles. The van der Waals surface area contributed by atoms with Gasteiger partial charge >= 0.3 is 5.97 Å². The lowest BCUT2D eigenvalue weighted by molar-refractivity contribution is -0.141. The molecule has 0 aliphatic heterocycles. The third-order valence-electron chi connectivity index (χ3n) is 4.38. The Hall–Kier alpha value is -2.83. The minimum absolute atomic E-state index is 0.00706. The van der Waals surface area contributed by atoms with Crippen LogP contribution in [0.5, 0.6) is 5.75 Å². The van der Waals surface area contributed by atoms with E-state index in [1.54, 1.807) is 12.1 Å². The first kappa shape index (κ1) is 26.2. The highest BCUT2D eigenvalue weighted by Gasteiger charge is 2.29. The van der Waals surface area contributed by atoms with E-state index in [1.807, 2.05) is 0 Å². The molecule has 3 amide bonds. The number of carbonyl (C=O) groups excluding carboxylic acids is 3. The molecule has 31 heavy (non-hydrogen) atoms. The van der Waals surface area contributed by atoms with Gasteiger partial charge in [0.2, 0.25) is 17.7 Å². The Morgan fingerprint density at radius 3 is 2.00 bits per heavy atom. The fourth-order valence-corrected chi connectivity index (χ4v) is 2.67. The van der Waals surface area contributed by atoms with Gasteiger partial charge in [-0.3, -0.25) is 14.4 Å². The molecule has 0 heterocycles. The summed E-state index contributed by atoms with van der Waals surface area (Å²) in [5, 5.41) is 35.0. The van der Waals surface area contributed by atoms with Crippen LogP contribution in [-0.4, -0.2) is 75.0 Å². The van der Waals surface area contributed by atoms with Gasteiger partial charge in [-0.2, -0.15) is 12.6 Å². The molecule has 0 fully saturated rings. The number of hydrogen-bond acceptors (Lipinski definition) is 8. The molecule has 12 heteroatoms. The van der Waals surface area contributed by atoms with Crippen LogP contribution in [0.2, 0.25) is 0 Å². The fraction of sp³-hybridized carbons (Fsp3) is 0.474. The van der Waals surface area contributed by atoms with Gasteiger partial charge in [-0.05, 0) is 31.5 Å². The second kappa shape index (κ2) is 12.1. The van der Waals surface area contributed by atoms with E-state index in [0.29, 0.717) is 5.56 Å². The van der Waals surface area contributed by atoms with Gasteiger partial charge < -0.3 is 37.0 Å². The van der Waals surface area contributed by atoms with Gasteiger partial charge in [-0.25, -0.2) is 4.79 Å². The number of aliphatic hydroxyl groups is 1. The first-order chi connectivity index (χ1) is 14.5. The maximum atomic E-state index is 12.8. The van der Waals surface area contributed by atoms with Crippen LogP contribution in [0.3, 0.4) is 0 Å². The molecule has 5 unspecified atom stereocenters. The lowest BCUT2D eigenvalue weighted by Crippen LogP contribution is -2.58. The van der Waals surface area contributed by atoms with Gasteiger partial charge in [0.15, 0.2) is 0 Å². The molecule has 11 nitrogen and oxygen atoms in total. The van der Waals surface area contributed by atoms with Crippen molar-refractivity contribution in [2.45, 2.75) is 50.5 Å². The van der Waals surface area contributed by atoms with E-state index < -0.39 is 54.0 Å². The second-order valence-electron chi connectivity index (χ2n) is 7.01. The van der Waals surface area contributed by atoms with Crippen LogP contribution in [0.4, 0.5) is 0 Å². The number of amides is 3. The Kier molecular flexibility index (Phi) is 10.3. The number of nitrogens with two attached hydrogens (primary N) is 1. The zero-order valence-electron chi connectivity index (χ0n) is 17.1. The number of carboxylic acids is 1. The van der Waals surface area contributed by atoms with Crippen molar-refractivity contribution in [3.05, 3.63) is 29.8 Å². The monoisotopic (exact) mass is 456 g/mol. The predicted octanol–water partition coefficient (Wildman–Crippen LogP) is -1.87. The molecule has 1 rings (SSSR count). The summed E-state index contributed by atoms with van der Waals surface area (Å²) < 4.78 is 0. The summed E-state index contributed by atoms with van der Waals surface area (Å²) >= 11 is 3.86. The fourth-order valence-electron chi connectivity index (χ4n) is 2.43. The molecule has 5 atom stereocenters. The van der Waals surface area contributed by atoms with Crippen molar-refractivity contribution in [2.24, 2.45) is 5.73 Å². The van der Waals surface area contributed by atoms with Crippen LogP contribution in [0, 0.1) is 0 Å². The third kappa shape index (κ3) is 8.44. The van der Waals surface area contributed by atoms with E-state index in [2.05, 4.69) is 28.6 Å². The maximum absolute atomic E-state index is 12.8. The second-order valence-corrected chi connectivity index (χ2v) is 7.38. The van der Waals surface area contributed by atoms with E-state index in [0.717, 1.165) is 0 Å². The van der Waals surface area contributed by atoms with Gasteiger partial charge in [-0.1, -0.05) is 12.1 Å². The molecule has 172 valence electrons. The van der Waals surface area contributed by atoms with Crippen LogP contribution in [0.25, 0.3) is 0 Å². The first-order valence-electron chi connectivity index (χ1n) is 9.42. The highest BCUT2D eigenvalue weighted by molar-refractivity contribution is 7.80. The number of benzene rings is 1. The van der Waals surface area contributed by atoms with E-state index in [9.17, 15) is 29.4 Å².